The van der Waals surface area contributed by atoms with Crippen LogP contribution in [0.3, 0.4) is 0 Å². The van der Waals surface area contributed by atoms with E-state index >= 15 is 0 Å². The fraction of sp³-hybridized carbons (Fsp3) is 0.455. The van der Waals surface area contributed by atoms with Crippen LogP contribution in [0.25, 0.3) is 0 Å². The zero-order valence-corrected chi connectivity index (χ0v) is 17.5. The highest BCUT2D eigenvalue weighted by molar-refractivity contribution is 5.62. The van der Waals surface area contributed by atoms with Crippen molar-refractivity contribution < 1.29 is 33.2 Å². The molecule has 0 saturated carbocycles. The highest BCUT2D eigenvalue weighted by atomic mass is 16.7. The van der Waals surface area contributed by atoms with Crippen LogP contribution < -0.4 is 28.4 Å². The standard InChI is InChI=1S/C22H26O7/c1-12-19(13-7-8-15(23-3)21(25-5)20(13)24-4)14-9-17-18(28-11-27-17)10-16(14)29-22(12,2)26-6/h7-10,12,19H,11H2,1-6H3/t12-,19+,22-/m1/s1. The molecule has 0 radical (unpaired) electrons. The molecule has 0 fully saturated rings. The van der Waals surface area contributed by atoms with Crippen molar-refractivity contribution in [2.75, 3.05) is 35.2 Å². The Morgan fingerprint density at radius 2 is 1.55 bits per heavy atom. The van der Waals surface area contributed by atoms with Crippen LogP contribution in [0, 0.1) is 5.92 Å². The largest absolute Gasteiger partial charge is 0.493 e. The summed E-state index contributed by atoms with van der Waals surface area (Å²) in [6.07, 6.45) is 0. The van der Waals surface area contributed by atoms with Gasteiger partial charge in [-0.1, -0.05) is 13.0 Å². The molecule has 0 amide bonds. The van der Waals surface area contributed by atoms with Crippen molar-refractivity contribution in [3.63, 3.8) is 0 Å². The molecule has 0 aliphatic carbocycles. The van der Waals surface area contributed by atoms with Gasteiger partial charge in [-0.2, -0.15) is 0 Å². The highest BCUT2D eigenvalue weighted by Crippen LogP contribution is 2.55. The first-order valence-corrected chi connectivity index (χ1v) is 9.44. The Morgan fingerprint density at radius 1 is 0.862 bits per heavy atom. The molecule has 2 aliphatic rings. The first kappa shape index (κ1) is 19.5. The van der Waals surface area contributed by atoms with Crippen molar-refractivity contribution >= 4 is 0 Å². The van der Waals surface area contributed by atoms with Crippen LogP contribution in [0.4, 0.5) is 0 Å². The minimum absolute atomic E-state index is 0.0487. The molecule has 2 heterocycles. The first-order chi connectivity index (χ1) is 14.0. The van der Waals surface area contributed by atoms with Crippen LogP contribution in [-0.2, 0) is 4.74 Å². The maximum atomic E-state index is 6.28. The summed E-state index contributed by atoms with van der Waals surface area (Å²) in [5.74, 6) is 2.83. The van der Waals surface area contributed by atoms with Crippen molar-refractivity contribution in [3.8, 4) is 34.5 Å². The molecule has 0 aromatic heterocycles. The maximum absolute atomic E-state index is 6.28. The molecule has 0 bridgehead atoms. The lowest BCUT2D eigenvalue weighted by atomic mass is 9.75. The SMILES string of the molecule is COc1ccc([C@H]2c3cc4c(cc3O[C@@](C)(OC)[C@@H]2C)OCO4)c(OC)c1OC. The van der Waals surface area contributed by atoms with Crippen LogP contribution in [0.2, 0.25) is 0 Å². The van der Waals surface area contributed by atoms with Gasteiger partial charge in [0.2, 0.25) is 18.3 Å². The summed E-state index contributed by atoms with van der Waals surface area (Å²) in [7, 11) is 6.48. The van der Waals surface area contributed by atoms with Gasteiger partial charge in [0.15, 0.2) is 23.0 Å². The van der Waals surface area contributed by atoms with Gasteiger partial charge in [-0.05, 0) is 12.1 Å². The Labute approximate surface area is 170 Å². The van der Waals surface area contributed by atoms with Crippen molar-refractivity contribution in [3.05, 3.63) is 35.4 Å². The number of hydrogen-bond donors (Lipinski definition) is 0. The van der Waals surface area contributed by atoms with E-state index in [1.807, 2.05) is 31.2 Å². The zero-order chi connectivity index (χ0) is 20.8. The van der Waals surface area contributed by atoms with Crippen molar-refractivity contribution in [2.24, 2.45) is 5.92 Å². The van der Waals surface area contributed by atoms with Gasteiger partial charge < -0.3 is 33.2 Å². The van der Waals surface area contributed by atoms with Crippen LogP contribution >= 0.6 is 0 Å². The molecule has 3 atom stereocenters. The second-order valence-electron chi connectivity index (χ2n) is 7.26. The summed E-state index contributed by atoms with van der Waals surface area (Å²) in [5.41, 5.74) is 1.92. The molecule has 156 valence electrons. The molecule has 0 spiro atoms. The summed E-state index contributed by atoms with van der Waals surface area (Å²) in [4.78, 5) is 0. The third-order valence-electron chi connectivity index (χ3n) is 5.95. The van der Waals surface area contributed by atoms with Gasteiger partial charge >= 0.3 is 0 Å². The van der Waals surface area contributed by atoms with Gasteiger partial charge in [0.25, 0.3) is 0 Å². The Bertz CT molecular complexity index is 926. The number of ether oxygens (including phenoxy) is 7. The average Bonchev–Trinajstić information content (AvgIpc) is 3.19. The number of rotatable bonds is 5. The van der Waals surface area contributed by atoms with Gasteiger partial charge in [-0.15, -0.1) is 0 Å². The van der Waals surface area contributed by atoms with Gasteiger partial charge in [0.1, 0.15) is 5.75 Å². The normalized spacial score (nSPS) is 24.5. The summed E-state index contributed by atoms with van der Waals surface area (Å²) >= 11 is 0. The van der Waals surface area contributed by atoms with E-state index in [2.05, 4.69) is 6.92 Å². The van der Waals surface area contributed by atoms with E-state index < -0.39 is 5.79 Å². The lowest BCUT2D eigenvalue weighted by molar-refractivity contribution is -0.194. The molecular weight excluding hydrogens is 376 g/mol. The van der Waals surface area contributed by atoms with E-state index in [-0.39, 0.29) is 18.6 Å². The number of fused-ring (bicyclic) bond motifs is 2. The second kappa shape index (κ2) is 7.22. The second-order valence-corrected chi connectivity index (χ2v) is 7.26. The first-order valence-electron chi connectivity index (χ1n) is 9.44. The predicted molar refractivity (Wildman–Crippen MR) is 106 cm³/mol. The molecule has 7 heteroatoms. The van der Waals surface area contributed by atoms with Crippen LogP contribution in [0.1, 0.15) is 30.9 Å². The summed E-state index contributed by atoms with van der Waals surface area (Å²) < 4.78 is 40.1. The lowest BCUT2D eigenvalue weighted by Crippen LogP contribution is -2.47. The van der Waals surface area contributed by atoms with Gasteiger partial charge in [0.05, 0.1) is 21.3 Å². The Balaban J connectivity index is 1.95. The van der Waals surface area contributed by atoms with E-state index in [0.717, 1.165) is 11.1 Å². The van der Waals surface area contributed by atoms with Crippen LogP contribution in [-0.4, -0.2) is 41.0 Å². The summed E-state index contributed by atoms with van der Waals surface area (Å²) in [6.45, 7) is 4.23. The molecule has 2 aromatic rings. The third-order valence-corrected chi connectivity index (χ3v) is 5.95. The van der Waals surface area contributed by atoms with E-state index in [0.29, 0.717) is 34.5 Å². The fourth-order valence-corrected chi connectivity index (χ4v) is 4.19. The van der Waals surface area contributed by atoms with E-state index in [1.165, 1.54) is 0 Å². The quantitative estimate of drug-likeness (QED) is 0.750. The molecule has 29 heavy (non-hydrogen) atoms. The number of hydrogen-bond acceptors (Lipinski definition) is 7. The Kier molecular flexibility index (Phi) is 4.86. The molecule has 7 nitrogen and oxygen atoms in total. The molecule has 0 unspecified atom stereocenters. The van der Waals surface area contributed by atoms with Gasteiger partial charge in [0, 0.05) is 43.1 Å². The molecule has 2 aliphatic heterocycles. The van der Waals surface area contributed by atoms with E-state index in [9.17, 15) is 0 Å². The van der Waals surface area contributed by atoms with Crippen molar-refractivity contribution in [1.29, 1.82) is 0 Å². The Morgan fingerprint density at radius 3 is 2.17 bits per heavy atom. The van der Waals surface area contributed by atoms with E-state index in [4.69, 9.17) is 33.2 Å². The minimum Gasteiger partial charge on any atom is -0.493 e. The predicted octanol–water partition coefficient (Wildman–Crippen LogP) is 3.96. The molecule has 0 saturated heterocycles. The topological polar surface area (TPSA) is 64.6 Å². The fourth-order valence-electron chi connectivity index (χ4n) is 4.19. The lowest BCUT2D eigenvalue weighted by Gasteiger charge is -2.44. The minimum atomic E-state index is -0.844. The monoisotopic (exact) mass is 402 g/mol. The molecule has 0 N–H and O–H groups in total. The molecular formula is C22H26O7. The maximum Gasteiger partial charge on any atom is 0.231 e. The third kappa shape index (κ3) is 2.92. The highest BCUT2D eigenvalue weighted by Gasteiger charge is 2.47. The molecule has 2 aromatic carbocycles. The molecule has 4 rings (SSSR count). The smallest absolute Gasteiger partial charge is 0.231 e. The van der Waals surface area contributed by atoms with Gasteiger partial charge in [-0.25, -0.2) is 0 Å². The zero-order valence-electron chi connectivity index (χ0n) is 17.5. The van der Waals surface area contributed by atoms with Gasteiger partial charge in [-0.3, -0.25) is 0 Å². The Hall–Kier alpha value is -2.80. The van der Waals surface area contributed by atoms with Crippen molar-refractivity contribution in [1.82, 2.24) is 0 Å². The van der Waals surface area contributed by atoms with Crippen LogP contribution in [0.5, 0.6) is 34.5 Å². The average molecular weight is 402 g/mol. The number of benzene rings is 2. The van der Waals surface area contributed by atoms with Crippen molar-refractivity contribution in [2.45, 2.75) is 25.6 Å². The summed E-state index contributed by atoms with van der Waals surface area (Å²) in [5, 5.41) is 0. The van der Waals surface area contributed by atoms with E-state index in [1.54, 1.807) is 28.4 Å². The summed E-state index contributed by atoms with van der Waals surface area (Å²) in [6, 6.07) is 7.72. The van der Waals surface area contributed by atoms with Crippen LogP contribution in [0.15, 0.2) is 24.3 Å². The number of methoxy groups -OCH3 is 4.